The van der Waals surface area contributed by atoms with Crippen molar-refractivity contribution in [3.8, 4) is 5.75 Å². The van der Waals surface area contributed by atoms with Gasteiger partial charge in [0.15, 0.2) is 11.6 Å². The Balaban J connectivity index is 1.98. The molecule has 0 aromatic carbocycles. The number of hydrogen-bond donors (Lipinski definition) is 2. The summed E-state index contributed by atoms with van der Waals surface area (Å²) in [4.78, 5) is 4.32. The lowest BCUT2D eigenvalue weighted by Gasteiger charge is -2.39. The van der Waals surface area contributed by atoms with Gasteiger partial charge in [-0.2, -0.15) is 0 Å². The Kier molecular flexibility index (Phi) is 4.07. The van der Waals surface area contributed by atoms with Gasteiger partial charge in [0.1, 0.15) is 0 Å². The summed E-state index contributed by atoms with van der Waals surface area (Å²) >= 11 is 0. The molecule has 0 spiro atoms. The van der Waals surface area contributed by atoms with Gasteiger partial charge >= 0.3 is 0 Å². The molecule has 1 atom stereocenters. The maximum Gasteiger partial charge on any atom is 0.168 e. The van der Waals surface area contributed by atoms with Crippen molar-refractivity contribution in [2.24, 2.45) is 5.41 Å². The van der Waals surface area contributed by atoms with E-state index in [1.807, 2.05) is 12.1 Å². The van der Waals surface area contributed by atoms with Gasteiger partial charge in [0.25, 0.3) is 0 Å². The maximum absolute atomic E-state index is 5.29. The predicted molar refractivity (Wildman–Crippen MR) is 74.1 cm³/mol. The molecule has 2 rings (SSSR count). The largest absolute Gasteiger partial charge is 0.493 e. The van der Waals surface area contributed by atoms with Gasteiger partial charge in [-0.1, -0.05) is 13.8 Å². The van der Waals surface area contributed by atoms with Gasteiger partial charge < -0.3 is 15.4 Å². The number of ether oxygens (including phenoxy) is 1. The standard InChI is InChI=1S/C14H23N3O/c1-14(2)7-5-9-15-12(14)10-17-13-11(18-3)6-4-8-16-13/h4,6,8,12,15H,5,7,9-10H2,1-3H3,(H,16,17). The van der Waals surface area contributed by atoms with E-state index in [0.717, 1.165) is 24.7 Å². The molecule has 0 bridgehead atoms. The first-order valence-corrected chi connectivity index (χ1v) is 6.60. The molecule has 2 N–H and O–H groups in total. The van der Waals surface area contributed by atoms with Gasteiger partial charge in [0.2, 0.25) is 0 Å². The van der Waals surface area contributed by atoms with Crippen LogP contribution < -0.4 is 15.4 Å². The van der Waals surface area contributed by atoms with Crippen LogP contribution in [0.3, 0.4) is 0 Å². The summed E-state index contributed by atoms with van der Waals surface area (Å²) in [6, 6.07) is 4.28. The van der Waals surface area contributed by atoms with Crippen LogP contribution in [0, 0.1) is 5.41 Å². The number of aromatic nitrogens is 1. The Labute approximate surface area is 109 Å². The first-order chi connectivity index (χ1) is 8.63. The third kappa shape index (κ3) is 2.93. The minimum absolute atomic E-state index is 0.327. The van der Waals surface area contributed by atoms with Crippen molar-refractivity contribution in [2.75, 3.05) is 25.5 Å². The molecule has 1 unspecified atom stereocenters. The molecule has 0 saturated carbocycles. The lowest BCUT2D eigenvalue weighted by molar-refractivity contribution is 0.188. The Hall–Kier alpha value is -1.29. The lowest BCUT2D eigenvalue weighted by Crippen LogP contribution is -2.50. The highest BCUT2D eigenvalue weighted by atomic mass is 16.5. The van der Waals surface area contributed by atoms with Crippen LogP contribution in [-0.4, -0.2) is 31.2 Å². The molecule has 0 radical (unpaired) electrons. The number of piperidine rings is 1. The summed E-state index contributed by atoms with van der Waals surface area (Å²) in [6.07, 6.45) is 4.31. The summed E-state index contributed by atoms with van der Waals surface area (Å²) in [5, 5.41) is 6.98. The van der Waals surface area contributed by atoms with E-state index in [1.165, 1.54) is 12.8 Å². The van der Waals surface area contributed by atoms with Crippen LogP contribution >= 0.6 is 0 Å². The highest BCUT2D eigenvalue weighted by Crippen LogP contribution is 2.30. The second-order valence-electron chi connectivity index (χ2n) is 5.53. The summed E-state index contributed by atoms with van der Waals surface area (Å²) in [5.41, 5.74) is 0.327. The average Bonchev–Trinajstić information content (AvgIpc) is 2.37. The van der Waals surface area contributed by atoms with Crippen LogP contribution in [0.5, 0.6) is 5.75 Å². The zero-order valence-electron chi connectivity index (χ0n) is 11.5. The molecule has 1 aromatic heterocycles. The zero-order valence-corrected chi connectivity index (χ0v) is 11.5. The van der Waals surface area contributed by atoms with Gasteiger partial charge in [-0.05, 0) is 36.9 Å². The van der Waals surface area contributed by atoms with Crippen LogP contribution in [-0.2, 0) is 0 Å². The van der Waals surface area contributed by atoms with E-state index in [2.05, 4.69) is 29.5 Å². The van der Waals surface area contributed by atoms with Crippen molar-refractivity contribution in [1.82, 2.24) is 10.3 Å². The fourth-order valence-corrected chi connectivity index (χ4v) is 2.51. The van der Waals surface area contributed by atoms with Crippen molar-refractivity contribution < 1.29 is 4.74 Å². The Morgan fingerprint density at radius 2 is 2.39 bits per heavy atom. The Morgan fingerprint density at radius 3 is 3.11 bits per heavy atom. The topological polar surface area (TPSA) is 46.2 Å². The second-order valence-corrected chi connectivity index (χ2v) is 5.53. The first-order valence-electron chi connectivity index (χ1n) is 6.60. The molecule has 0 amide bonds. The van der Waals surface area contributed by atoms with Crippen molar-refractivity contribution in [1.29, 1.82) is 0 Å². The van der Waals surface area contributed by atoms with E-state index < -0.39 is 0 Å². The van der Waals surface area contributed by atoms with Gasteiger partial charge in [0.05, 0.1) is 7.11 Å². The molecular weight excluding hydrogens is 226 g/mol. The van der Waals surface area contributed by atoms with Crippen molar-refractivity contribution >= 4 is 5.82 Å². The van der Waals surface area contributed by atoms with Crippen molar-refractivity contribution in [3.63, 3.8) is 0 Å². The number of pyridine rings is 1. The van der Waals surface area contributed by atoms with Crippen LogP contribution in [0.4, 0.5) is 5.82 Å². The molecule has 2 heterocycles. The minimum Gasteiger partial charge on any atom is -0.493 e. The van der Waals surface area contributed by atoms with E-state index in [0.29, 0.717) is 11.5 Å². The van der Waals surface area contributed by atoms with Crippen LogP contribution in [0.25, 0.3) is 0 Å². The summed E-state index contributed by atoms with van der Waals surface area (Å²) < 4.78 is 5.29. The van der Waals surface area contributed by atoms with Gasteiger partial charge in [0, 0.05) is 18.8 Å². The summed E-state index contributed by atoms with van der Waals surface area (Å²) in [7, 11) is 1.67. The molecule has 1 aliphatic rings. The fourth-order valence-electron chi connectivity index (χ4n) is 2.51. The zero-order chi connectivity index (χ0) is 13.0. The Morgan fingerprint density at radius 1 is 1.56 bits per heavy atom. The third-order valence-corrected chi connectivity index (χ3v) is 3.80. The Bertz CT molecular complexity index is 392. The first kappa shape index (κ1) is 13.1. The summed E-state index contributed by atoms with van der Waals surface area (Å²) in [5.74, 6) is 1.62. The molecule has 0 aliphatic carbocycles. The number of nitrogens with one attached hydrogen (secondary N) is 2. The number of hydrogen-bond acceptors (Lipinski definition) is 4. The van der Waals surface area contributed by atoms with Crippen LogP contribution in [0.15, 0.2) is 18.3 Å². The van der Waals surface area contributed by atoms with Crippen molar-refractivity contribution in [2.45, 2.75) is 32.7 Å². The molecule has 1 aliphatic heterocycles. The normalized spacial score (nSPS) is 22.5. The minimum atomic E-state index is 0.327. The summed E-state index contributed by atoms with van der Waals surface area (Å²) in [6.45, 7) is 6.62. The highest BCUT2D eigenvalue weighted by Gasteiger charge is 2.31. The molecule has 100 valence electrons. The number of nitrogens with zero attached hydrogens (tertiary/aromatic N) is 1. The smallest absolute Gasteiger partial charge is 0.168 e. The van der Waals surface area contributed by atoms with Crippen LogP contribution in [0.1, 0.15) is 26.7 Å². The molecule has 1 aromatic rings. The monoisotopic (exact) mass is 249 g/mol. The van der Waals surface area contributed by atoms with E-state index in [9.17, 15) is 0 Å². The van der Waals surface area contributed by atoms with Crippen LogP contribution in [0.2, 0.25) is 0 Å². The molecule has 1 fully saturated rings. The van der Waals surface area contributed by atoms with E-state index in [1.54, 1.807) is 13.3 Å². The third-order valence-electron chi connectivity index (χ3n) is 3.80. The maximum atomic E-state index is 5.29. The number of rotatable bonds is 4. The molecule has 4 nitrogen and oxygen atoms in total. The quantitative estimate of drug-likeness (QED) is 0.859. The van der Waals surface area contributed by atoms with Crippen molar-refractivity contribution in [3.05, 3.63) is 18.3 Å². The van der Waals surface area contributed by atoms with Gasteiger partial charge in [-0.25, -0.2) is 4.98 Å². The number of anilines is 1. The molecule has 1 saturated heterocycles. The van der Waals surface area contributed by atoms with Gasteiger partial charge in [-0.3, -0.25) is 0 Å². The molecular formula is C14H23N3O. The van der Waals surface area contributed by atoms with Gasteiger partial charge in [-0.15, -0.1) is 0 Å². The highest BCUT2D eigenvalue weighted by molar-refractivity contribution is 5.49. The predicted octanol–water partition coefficient (Wildman–Crippen LogP) is 2.28. The van der Waals surface area contributed by atoms with E-state index in [4.69, 9.17) is 4.74 Å². The average molecular weight is 249 g/mol. The number of methoxy groups -OCH3 is 1. The molecule has 18 heavy (non-hydrogen) atoms. The lowest BCUT2D eigenvalue weighted by atomic mass is 9.77. The SMILES string of the molecule is COc1cccnc1NCC1NCCCC1(C)C. The van der Waals surface area contributed by atoms with E-state index in [-0.39, 0.29) is 0 Å². The fraction of sp³-hybridized carbons (Fsp3) is 0.643. The molecule has 4 heteroatoms. The second kappa shape index (κ2) is 5.57. The van der Waals surface area contributed by atoms with E-state index >= 15 is 0 Å².